The molecule has 0 saturated carbocycles. The van der Waals surface area contributed by atoms with Crippen molar-refractivity contribution in [2.24, 2.45) is 7.05 Å². The van der Waals surface area contributed by atoms with Crippen molar-refractivity contribution in [3.05, 3.63) is 82.3 Å². The highest BCUT2D eigenvalue weighted by atomic mass is 16.5. The lowest BCUT2D eigenvalue weighted by Crippen LogP contribution is -2.32. The fraction of sp³-hybridized carbons (Fsp3) is 0.292. The zero-order valence-corrected chi connectivity index (χ0v) is 18.2. The largest absolute Gasteiger partial charge is 0.453 e. The Hall–Kier alpha value is -3.61. The third kappa shape index (κ3) is 4.94. The molecule has 1 heterocycles. The van der Waals surface area contributed by atoms with Gasteiger partial charge in [-0.15, -0.1) is 0 Å². The first-order valence-electron chi connectivity index (χ1n) is 10.2. The van der Waals surface area contributed by atoms with Gasteiger partial charge in [0.2, 0.25) is 0 Å². The van der Waals surface area contributed by atoms with E-state index in [0.29, 0.717) is 11.4 Å². The van der Waals surface area contributed by atoms with Crippen LogP contribution in [-0.4, -0.2) is 27.3 Å². The Morgan fingerprint density at radius 1 is 1.00 bits per heavy atom. The molecule has 0 radical (unpaired) electrons. The predicted octanol–water partition coefficient (Wildman–Crippen LogP) is 3.55. The van der Waals surface area contributed by atoms with Crippen LogP contribution in [0.5, 0.6) is 0 Å². The van der Waals surface area contributed by atoms with Crippen LogP contribution in [0.3, 0.4) is 0 Å². The van der Waals surface area contributed by atoms with Crippen molar-refractivity contribution in [2.45, 2.75) is 39.2 Å². The molecule has 0 saturated heterocycles. The first kappa shape index (κ1) is 22.1. The van der Waals surface area contributed by atoms with Gasteiger partial charge in [-0.05, 0) is 37.5 Å². The summed E-state index contributed by atoms with van der Waals surface area (Å²) < 4.78 is 8.46. The number of nitrogens with one attached hydrogen (secondary N) is 1. The Morgan fingerprint density at radius 3 is 2.19 bits per heavy atom. The highest BCUT2D eigenvalue weighted by Gasteiger charge is 2.24. The van der Waals surface area contributed by atoms with Crippen LogP contribution in [-0.2, 0) is 21.4 Å². The summed E-state index contributed by atoms with van der Waals surface area (Å²) in [6.45, 7) is 5.17. The van der Waals surface area contributed by atoms with Crippen molar-refractivity contribution in [3.63, 3.8) is 0 Å². The van der Waals surface area contributed by atoms with Crippen LogP contribution in [0.25, 0.3) is 5.69 Å². The molecule has 1 amide bonds. The number of nitrogens with zero attached hydrogens (tertiary/aromatic N) is 2. The number of hydrogen-bond acceptors (Lipinski definition) is 4. The van der Waals surface area contributed by atoms with Crippen molar-refractivity contribution >= 4 is 17.6 Å². The van der Waals surface area contributed by atoms with Crippen molar-refractivity contribution in [2.75, 3.05) is 5.32 Å². The summed E-state index contributed by atoms with van der Waals surface area (Å²) in [6, 6.07) is 18.8. The molecule has 0 fully saturated rings. The number of aromatic nitrogens is 2. The molecule has 7 nitrogen and oxygen atoms in total. The molecule has 0 spiro atoms. The van der Waals surface area contributed by atoms with E-state index in [1.807, 2.05) is 67.6 Å². The van der Waals surface area contributed by atoms with E-state index in [9.17, 15) is 14.4 Å². The van der Waals surface area contributed by atoms with Crippen LogP contribution < -0.4 is 10.9 Å². The third-order valence-corrected chi connectivity index (χ3v) is 5.32. The second-order valence-corrected chi connectivity index (χ2v) is 7.57. The molecule has 31 heavy (non-hydrogen) atoms. The monoisotopic (exact) mass is 421 g/mol. The predicted molar refractivity (Wildman–Crippen MR) is 119 cm³/mol. The zero-order chi connectivity index (χ0) is 22.5. The molecule has 0 aliphatic carbocycles. The number of anilines is 1. The van der Waals surface area contributed by atoms with Gasteiger partial charge in [0.05, 0.1) is 17.8 Å². The number of carbonyl (C=O) groups excluding carboxylic acids is 2. The molecule has 0 unspecified atom stereocenters. The van der Waals surface area contributed by atoms with Crippen LogP contribution in [0.15, 0.2) is 65.5 Å². The molecule has 1 N–H and O–H groups in total. The molecule has 0 bridgehead atoms. The lowest BCUT2D eigenvalue weighted by atomic mass is 9.98. The molecular weight excluding hydrogens is 394 g/mol. The van der Waals surface area contributed by atoms with Crippen molar-refractivity contribution in [1.29, 1.82) is 0 Å². The quantitative estimate of drug-likeness (QED) is 0.592. The van der Waals surface area contributed by atoms with Crippen LogP contribution >= 0.6 is 0 Å². The molecule has 162 valence electrons. The number of ether oxygens (including phenoxy) is 1. The molecular formula is C24H27N3O4. The third-order valence-electron chi connectivity index (χ3n) is 5.32. The van der Waals surface area contributed by atoms with Gasteiger partial charge in [-0.25, -0.2) is 4.68 Å². The van der Waals surface area contributed by atoms with E-state index in [4.69, 9.17) is 4.74 Å². The summed E-state index contributed by atoms with van der Waals surface area (Å²) >= 11 is 0. The van der Waals surface area contributed by atoms with Gasteiger partial charge in [-0.2, -0.15) is 0 Å². The van der Waals surface area contributed by atoms with Crippen molar-refractivity contribution in [1.82, 2.24) is 9.36 Å². The number of hydrogen-bond donors (Lipinski definition) is 1. The fourth-order valence-electron chi connectivity index (χ4n) is 3.39. The summed E-state index contributed by atoms with van der Waals surface area (Å²) in [7, 11) is 1.74. The standard InChI is InChI=1S/C24H27N3O4/c1-16(19-11-7-5-8-12-19)15-21(28)31-18(3)23(29)25-22-17(2)26(4)27(24(22)30)20-13-9-6-10-14-20/h5-14,16,18H,15H2,1-4H3,(H,25,29)/t16-,18+/m0/s1. The highest BCUT2D eigenvalue weighted by molar-refractivity contribution is 5.95. The van der Waals surface area contributed by atoms with Gasteiger partial charge >= 0.3 is 5.97 Å². The molecule has 7 heteroatoms. The minimum atomic E-state index is -1.03. The topological polar surface area (TPSA) is 82.3 Å². The second kappa shape index (κ2) is 9.47. The Balaban J connectivity index is 1.67. The van der Waals surface area contributed by atoms with E-state index in [-0.39, 0.29) is 23.6 Å². The van der Waals surface area contributed by atoms with E-state index >= 15 is 0 Å². The molecule has 2 atom stereocenters. The highest BCUT2D eigenvalue weighted by Crippen LogP contribution is 2.20. The van der Waals surface area contributed by atoms with E-state index in [1.54, 1.807) is 18.7 Å². The van der Waals surface area contributed by atoms with Gasteiger partial charge < -0.3 is 10.1 Å². The molecule has 1 aromatic heterocycles. The normalized spacial score (nSPS) is 12.8. The Kier molecular flexibility index (Phi) is 6.74. The minimum Gasteiger partial charge on any atom is -0.453 e. The van der Waals surface area contributed by atoms with E-state index in [0.717, 1.165) is 5.56 Å². The maximum absolute atomic E-state index is 12.9. The first-order valence-corrected chi connectivity index (χ1v) is 10.2. The van der Waals surface area contributed by atoms with Crippen LogP contribution in [0.1, 0.15) is 37.4 Å². The van der Waals surface area contributed by atoms with Gasteiger partial charge in [0, 0.05) is 7.05 Å². The number of benzene rings is 2. The average molecular weight is 421 g/mol. The average Bonchev–Trinajstić information content (AvgIpc) is 2.97. The maximum Gasteiger partial charge on any atom is 0.307 e. The minimum absolute atomic E-state index is 0.0293. The summed E-state index contributed by atoms with van der Waals surface area (Å²) in [5.41, 5.74) is 2.12. The molecule has 2 aromatic carbocycles. The molecule has 3 rings (SSSR count). The number of carbonyl (C=O) groups is 2. The van der Waals surface area contributed by atoms with Crippen molar-refractivity contribution < 1.29 is 14.3 Å². The SMILES string of the molecule is Cc1c(NC(=O)[C@@H](C)OC(=O)C[C@H](C)c2ccccc2)c(=O)n(-c2ccccc2)n1C. The smallest absolute Gasteiger partial charge is 0.307 e. The second-order valence-electron chi connectivity index (χ2n) is 7.57. The van der Waals surface area contributed by atoms with Gasteiger partial charge in [-0.1, -0.05) is 55.5 Å². The molecule has 0 aliphatic heterocycles. The number of rotatable bonds is 7. The van der Waals surface area contributed by atoms with Gasteiger partial charge in [0.25, 0.3) is 11.5 Å². The van der Waals surface area contributed by atoms with Crippen LogP contribution in [0.4, 0.5) is 5.69 Å². The van der Waals surface area contributed by atoms with Gasteiger partial charge in [-0.3, -0.25) is 19.1 Å². The number of esters is 1. The van der Waals surface area contributed by atoms with E-state index in [2.05, 4.69) is 5.32 Å². The van der Waals surface area contributed by atoms with Crippen LogP contribution in [0, 0.1) is 6.92 Å². The zero-order valence-electron chi connectivity index (χ0n) is 18.2. The Morgan fingerprint density at radius 2 is 1.58 bits per heavy atom. The lowest BCUT2D eigenvalue weighted by Gasteiger charge is -2.15. The maximum atomic E-state index is 12.9. The fourth-order valence-corrected chi connectivity index (χ4v) is 3.39. The van der Waals surface area contributed by atoms with Gasteiger partial charge in [0.15, 0.2) is 6.10 Å². The summed E-state index contributed by atoms with van der Waals surface area (Å²) in [5.74, 6) is -1.05. The summed E-state index contributed by atoms with van der Waals surface area (Å²) in [4.78, 5) is 37.8. The molecule has 3 aromatic rings. The first-order chi connectivity index (χ1) is 14.8. The van der Waals surface area contributed by atoms with Gasteiger partial charge in [0.1, 0.15) is 5.69 Å². The van der Waals surface area contributed by atoms with Crippen molar-refractivity contribution in [3.8, 4) is 5.69 Å². The summed E-state index contributed by atoms with van der Waals surface area (Å²) in [5, 5.41) is 2.63. The number of para-hydroxylation sites is 1. The lowest BCUT2D eigenvalue weighted by molar-refractivity contribution is -0.153. The number of amides is 1. The van der Waals surface area contributed by atoms with E-state index in [1.165, 1.54) is 11.6 Å². The van der Waals surface area contributed by atoms with Crippen LogP contribution in [0.2, 0.25) is 0 Å². The Labute approximate surface area is 181 Å². The van der Waals surface area contributed by atoms with E-state index < -0.39 is 18.0 Å². The Bertz CT molecular complexity index is 1120. The molecule has 0 aliphatic rings. The summed E-state index contributed by atoms with van der Waals surface area (Å²) in [6.07, 6.45) is -0.869.